The monoisotopic (exact) mass is 532 g/mol. The lowest BCUT2D eigenvalue weighted by Crippen LogP contribution is -2.27. The fourth-order valence-electron chi connectivity index (χ4n) is 2.96. The molecule has 1 N–H and O–H groups in total. The van der Waals surface area contributed by atoms with Crippen LogP contribution in [0.15, 0.2) is 58.4 Å². The highest BCUT2D eigenvalue weighted by Crippen LogP contribution is 2.39. The summed E-state index contributed by atoms with van der Waals surface area (Å²) in [7, 11) is 1.51. The minimum absolute atomic E-state index is 0.164. The largest absolute Gasteiger partial charge is 0.493 e. The molecule has 6 nitrogen and oxygen atoms in total. The van der Waals surface area contributed by atoms with E-state index in [4.69, 9.17) is 21.7 Å². The van der Waals surface area contributed by atoms with Crippen molar-refractivity contribution >= 4 is 67.8 Å². The summed E-state index contributed by atoms with van der Waals surface area (Å²) in [5.41, 5.74) is 2.48. The van der Waals surface area contributed by atoms with Crippen LogP contribution in [-0.4, -0.2) is 41.3 Å². The summed E-state index contributed by atoms with van der Waals surface area (Å²) in [6, 6.07) is 11.0. The number of benzene rings is 2. The Hall–Kier alpha value is -2.62. The second-order valence-corrected chi connectivity index (χ2v) is 9.35. The molecule has 0 unspecified atom stereocenters. The van der Waals surface area contributed by atoms with E-state index in [2.05, 4.69) is 27.8 Å². The lowest BCUT2D eigenvalue weighted by molar-refractivity contribution is -0.121. The van der Waals surface area contributed by atoms with Crippen molar-refractivity contribution in [2.75, 3.05) is 25.6 Å². The van der Waals surface area contributed by atoms with Gasteiger partial charge in [0.1, 0.15) is 4.32 Å². The average Bonchev–Trinajstić information content (AvgIpc) is 3.00. The fraction of sp³-hybridized carbons (Fsp3) is 0.174. The Kier molecular flexibility index (Phi) is 8.11. The van der Waals surface area contributed by atoms with Gasteiger partial charge in [-0.2, -0.15) is 0 Å². The molecule has 0 saturated carbocycles. The predicted molar refractivity (Wildman–Crippen MR) is 136 cm³/mol. The molecule has 32 heavy (non-hydrogen) atoms. The summed E-state index contributed by atoms with van der Waals surface area (Å²) >= 11 is 9.98. The smallest absolute Gasteiger partial charge is 0.266 e. The number of nitrogens with zero attached hydrogens (tertiary/aromatic N) is 1. The number of rotatable bonds is 8. The highest BCUT2D eigenvalue weighted by molar-refractivity contribution is 9.10. The molecule has 2 aromatic rings. The first-order valence-electron chi connectivity index (χ1n) is 9.55. The zero-order chi connectivity index (χ0) is 23.3. The highest BCUT2D eigenvalue weighted by atomic mass is 79.9. The first-order chi connectivity index (χ1) is 15.3. The molecular weight excluding hydrogens is 512 g/mol. The third-order valence-electron chi connectivity index (χ3n) is 4.38. The fourth-order valence-corrected chi connectivity index (χ4v) is 4.81. The van der Waals surface area contributed by atoms with Gasteiger partial charge in [-0.25, -0.2) is 0 Å². The van der Waals surface area contributed by atoms with Crippen molar-refractivity contribution in [2.45, 2.75) is 6.92 Å². The molecular formula is C23H21BrN2O4S2. The van der Waals surface area contributed by atoms with Crippen molar-refractivity contribution in [3.63, 3.8) is 0 Å². The Labute approximate surface area is 204 Å². The maximum absolute atomic E-state index is 12.6. The van der Waals surface area contributed by atoms with Crippen molar-refractivity contribution in [1.82, 2.24) is 4.90 Å². The Balaban J connectivity index is 1.74. The van der Waals surface area contributed by atoms with Crippen LogP contribution in [0.5, 0.6) is 11.5 Å². The third kappa shape index (κ3) is 5.79. The Bertz CT molecular complexity index is 1120. The summed E-state index contributed by atoms with van der Waals surface area (Å²) in [4.78, 5) is 26.9. The van der Waals surface area contributed by atoms with Gasteiger partial charge in [-0.15, -0.1) is 6.58 Å². The van der Waals surface area contributed by atoms with Crippen LogP contribution in [0.1, 0.15) is 11.1 Å². The SMILES string of the molecule is C=CCN1C(=O)/C(=C/c2cc(Br)c(OCC(=O)Nc3cccc(C)c3)c(OC)c2)SC1=S. The second-order valence-electron chi connectivity index (χ2n) is 6.82. The Morgan fingerprint density at radius 1 is 1.34 bits per heavy atom. The summed E-state index contributed by atoms with van der Waals surface area (Å²) in [5.74, 6) is 0.362. The number of thiocarbonyl (C=S) groups is 1. The van der Waals surface area contributed by atoms with Crippen LogP contribution in [0, 0.1) is 6.92 Å². The number of hydrogen-bond donors (Lipinski definition) is 1. The topological polar surface area (TPSA) is 67.9 Å². The van der Waals surface area contributed by atoms with E-state index in [0.29, 0.717) is 37.4 Å². The molecule has 1 heterocycles. The lowest BCUT2D eigenvalue weighted by atomic mass is 10.2. The van der Waals surface area contributed by atoms with Gasteiger partial charge >= 0.3 is 0 Å². The molecule has 0 aliphatic carbocycles. The minimum atomic E-state index is -0.292. The molecule has 0 aromatic heterocycles. The first-order valence-corrected chi connectivity index (χ1v) is 11.6. The van der Waals surface area contributed by atoms with Crippen LogP contribution in [0.3, 0.4) is 0 Å². The van der Waals surface area contributed by atoms with Crippen LogP contribution in [0.2, 0.25) is 0 Å². The van der Waals surface area contributed by atoms with E-state index in [0.717, 1.165) is 11.1 Å². The number of halogens is 1. The quantitative estimate of drug-likeness (QED) is 0.287. The number of anilines is 1. The maximum atomic E-state index is 12.6. The molecule has 1 aliphatic rings. The Morgan fingerprint density at radius 2 is 2.12 bits per heavy atom. The van der Waals surface area contributed by atoms with Crippen LogP contribution in [0.25, 0.3) is 6.08 Å². The molecule has 1 fully saturated rings. The minimum Gasteiger partial charge on any atom is -0.493 e. The molecule has 1 aliphatic heterocycles. The number of nitrogens with one attached hydrogen (secondary N) is 1. The molecule has 3 rings (SSSR count). The van der Waals surface area contributed by atoms with Gasteiger partial charge in [-0.05, 0) is 64.3 Å². The number of carbonyl (C=O) groups is 2. The van der Waals surface area contributed by atoms with Gasteiger partial charge in [0.15, 0.2) is 18.1 Å². The summed E-state index contributed by atoms with van der Waals surface area (Å²) in [5, 5.41) is 2.80. The average molecular weight is 533 g/mol. The number of thioether (sulfide) groups is 1. The van der Waals surface area contributed by atoms with Gasteiger partial charge in [0.25, 0.3) is 11.8 Å². The molecule has 2 amide bonds. The zero-order valence-corrected chi connectivity index (χ0v) is 20.7. The van der Waals surface area contributed by atoms with Gasteiger partial charge in [0, 0.05) is 12.2 Å². The van der Waals surface area contributed by atoms with E-state index >= 15 is 0 Å². The van der Waals surface area contributed by atoms with Gasteiger partial charge < -0.3 is 14.8 Å². The lowest BCUT2D eigenvalue weighted by Gasteiger charge is -2.14. The first kappa shape index (κ1) is 24.0. The van der Waals surface area contributed by atoms with E-state index in [9.17, 15) is 9.59 Å². The van der Waals surface area contributed by atoms with Gasteiger partial charge in [-0.3, -0.25) is 14.5 Å². The van der Waals surface area contributed by atoms with Crippen LogP contribution in [-0.2, 0) is 9.59 Å². The van der Waals surface area contributed by atoms with Gasteiger partial charge in [0.2, 0.25) is 0 Å². The second kappa shape index (κ2) is 10.8. The molecule has 9 heteroatoms. The number of carbonyl (C=O) groups excluding carboxylic acids is 2. The standard InChI is InChI=1S/C23H21BrN2O4S2/c1-4-8-26-22(28)19(32-23(26)31)12-15-10-17(24)21(18(11-15)29-3)30-13-20(27)25-16-7-5-6-14(2)9-16/h4-7,9-12H,1,8,13H2,2-3H3,(H,25,27)/b19-12-. The van der Waals surface area contributed by atoms with Crippen molar-refractivity contribution in [3.05, 3.63) is 69.6 Å². The van der Waals surface area contributed by atoms with Crippen LogP contribution >= 0.6 is 39.9 Å². The van der Waals surface area contributed by atoms with Crippen molar-refractivity contribution in [2.24, 2.45) is 0 Å². The summed E-state index contributed by atoms with van der Waals surface area (Å²) in [6.07, 6.45) is 3.37. The van der Waals surface area contributed by atoms with E-state index < -0.39 is 0 Å². The van der Waals surface area contributed by atoms with Crippen LogP contribution < -0.4 is 14.8 Å². The molecule has 1 saturated heterocycles. The molecule has 0 atom stereocenters. The molecule has 0 radical (unpaired) electrons. The Morgan fingerprint density at radius 3 is 2.81 bits per heavy atom. The molecule has 166 valence electrons. The summed E-state index contributed by atoms with van der Waals surface area (Å²) in [6.45, 7) is 5.78. The number of amides is 2. The van der Waals surface area contributed by atoms with E-state index in [1.165, 1.54) is 23.8 Å². The highest BCUT2D eigenvalue weighted by Gasteiger charge is 2.31. The van der Waals surface area contributed by atoms with E-state index in [-0.39, 0.29) is 18.4 Å². The zero-order valence-electron chi connectivity index (χ0n) is 17.5. The number of ether oxygens (including phenoxy) is 2. The number of methoxy groups -OCH3 is 1. The number of aryl methyl sites for hydroxylation is 1. The predicted octanol–water partition coefficient (Wildman–Crippen LogP) is 5.17. The molecule has 2 aromatic carbocycles. The van der Waals surface area contributed by atoms with Gasteiger partial charge in [0.05, 0.1) is 16.5 Å². The molecule has 0 spiro atoms. The van der Waals surface area contributed by atoms with Crippen molar-refractivity contribution in [1.29, 1.82) is 0 Å². The third-order valence-corrected chi connectivity index (χ3v) is 6.35. The van der Waals surface area contributed by atoms with Crippen molar-refractivity contribution < 1.29 is 19.1 Å². The van der Waals surface area contributed by atoms with E-state index in [1.807, 2.05) is 31.2 Å². The van der Waals surface area contributed by atoms with Gasteiger partial charge in [-0.1, -0.05) is 42.2 Å². The molecule has 0 bridgehead atoms. The normalized spacial score (nSPS) is 14.6. The van der Waals surface area contributed by atoms with E-state index in [1.54, 1.807) is 24.3 Å². The number of hydrogen-bond acceptors (Lipinski definition) is 6. The summed E-state index contributed by atoms with van der Waals surface area (Å²) < 4.78 is 12.2. The maximum Gasteiger partial charge on any atom is 0.266 e. The van der Waals surface area contributed by atoms with Crippen molar-refractivity contribution in [3.8, 4) is 11.5 Å². The van der Waals surface area contributed by atoms with Crippen LogP contribution in [0.4, 0.5) is 5.69 Å².